The fourth-order valence-corrected chi connectivity index (χ4v) is 4.57. The van der Waals surface area contributed by atoms with Crippen LogP contribution in [0.5, 0.6) is 0 Å². The lowest BCUT2D eigenvalue weighted by Gasteiger charge is -2.24. The van der Waals surface area contributed by atoms with Crippen LogP contribution in [0.25, 0.3) is 11.1 Å². The van der Waals surface area contributed by atoms with E-state index in [4.69, 9.17) is 27.9 Å². The minimum Gasteiger partial charge on any atom is -0.481 e. The minimum atomic E-state index is -1.02. The predicted molar refractivity (Wildman–Crippen MR) is 117 cm³/mol. The molecular formula is C21H19Cl2NO5S. The van der Waals surface area contributed by atoms with E-state index < -0.39 is 29.7 Å². The number of anilines is 1. The molecule has 1 aromatic carbocycles. The van der Waals surface area contributed by atoms with Gasteiger partial charge in [-0.1, -0.05) is 41.4 Å². The van der Waals surface area contributed by atoms with Crippen molar-refractivity contribution in [3.63, 3.8) is 0 Å². The van der Waals surface area contributed by atoms with Crippen molar-refractivity contribution in [3.8, 4) is 11.1 Å². The van der Waals surface area contributed by atoms with Gasteiger partial charge in [-0.3, -0.25) is 9.59 Å². The quantitative estimate of drug-likeness (QED) is 0.431. The minimum absolute atomic E-state index is 0.164. The van der Waals surface area contributed by atoms with Gasteiger partial charge in [0.05, 0.1) is 28.5 Å². The molecule has 0 aliphatic heterocycles. The van der Waals surface area contributed by atoms with E-state index in [9.17, 15) is 19.5 Å². The van der Waals surface area contributed by atoms with Crippen molar-refractivity contribution in [1.82, 2.24) is 0 Å². The number of ether oxygens (including phenoxy) is 1. The molecule has 6 nitrogen and oxygen atoms in total. The number of amides is 1. The van der Waals surface area contributed by atoms with Crippen LogP contribution in [0, 0.1) is 11.8 Å². The molecule has 1 aliphatic rings. The molecule has 1 heterocycles. The van der Waals surface area contributed by atoms with E-state index in [0.717, 1.165) is 11.3 Å². The summed E-state index contributed by atoms with van der Waals surface area (Å²) in [5.41, 5.74) is 1.39. The summed E-state index contributed by atoms with van der Waals surface area (Å²) < 4.78 is 5.18. The summed E-state index contributed by atoms with van der Waals surface area (Å²) in [5.74, 6) is -3.59. The van der Waals surface area contributed by atoms with Gasteiger partial charge >= 0.3 is 11.9 Å². The maximum Gasteiger partial charge on any atom is 0.341 e. The first kappa shape index (κ1) is 22.3. The molecule has 0 bridgehead atoms. The first-order valence-corrected chi connectivity index (χ1v) is 10.9. The highest BCUT2D eigenvalue weighted by molar-refractivity contribution is 7.15. The number of nitrogens with one attached hydrogen (secondary N) is 1. The molecule has 0 fully saturated rings. The first-order valence-electron chi connectivity index (χ1n) is 9.26. The Hall–Kier alpha value is -2.35. The average Bonchev–Trinajstić information content (AvgIpc) is 3.13. The number of carbonyl (C=O) groups is 3. The number of carboxylic acids is 1. The number of carboxylic acid groups (broad SMARTS) is 1. The molecule has 1 aromatic heterocycles. The van der Waals surface area contributed by atoms with Crippen LogP contribution in [0.15, 0.2) is 35.7 Å². The number of hydrogen-bond donors (Lipinski definition) is 2. The summed E-state index contributed by atoms with van der Waals surface area (Å²) in [6, 6.07) is 4.97. The molecular weight excluding hydrogens is 449 g/mol. The van der Waals surface area contributed by atoms with Gasteiger partial charge in [0.2, 0.25) is 5.91 Å². The first-order chi connectivity index (χ1) is 14.3. The van der Waals surface area contributed by atoms with Gasteiger partial charge in [-0.2, -0.15) is 0 Å². The van der Waals surface area contributed by atoms with Crippen molar-refractivity contribution in [3.05, 3.63) is 51.3 Å². The van der Waals surface area contributed by atoms with Crippen LogP contribution < -0.4 is 5.32 Å². The number of halogens is 2. The Morgan fingerprint density at radius 3 is 2.50 bits per heavy atom. The Balaban J connectivity index is 1.96. The predicted octanol–water partition coefficient (Wildman–Crippen LogP) is 5.50. The molecule has 30 heavy (non-hydrogen) atoms. The summed E-state index contributed by atoms with van der Waals surface area (Å²) in [5, 5.41) is 14.9. The standard InChI is InChI=1S/C21H19Cl2NO5S/c1-2-29-21(28)17-14(11-7-8-15(22)16(23)9-11)10-30-19(17)24-18(25)12-5-3-4-6-13(12)20(26)27/h3-4,7-10,12-13H,2,5-6H2,1H3,(H,24,25)(H,26,27)/t12-,13-/m0/s1. The largest absolute Gasteiger partial charge is 0.481 e. The SMILES string of the molecule is CCOC(=O)c1c(-c2ccc(Cl)c(Cl)c2)csc1NC(=O)[C@H]1CC=CC[C@@H]1C(=O)O. The van der Waals surface area contributed by atoms with Crippen molar-refractivity contribution in [2.45, 2.75) is 19.8 Å². The molecule has 2 N–H and O–H groups in total. The van der Waals surface area contributed by atoms with Crippen molar-refractivity contribution in [2.24, 2.45) is 11.8 Å². The second-order valence-electron chi connectivity index (χ2n) is 6.69. The maximum atomic E-state index is 12.9. The summed E-state index contributed by atoms with van der Waals surface area (Å²) >= 11 is 13.3. The Kier molecular flexibility index (Phi) is 7.18. The molecule has 0 unspecified atom stereocenters. The number of esters is 1. The van der Waals surface area contributed by atoms with Crippen molar-refractivity contribution < 1.29 is 24.2 Å². The molecule has 0 radical (unpaired) electrons. The lowest BCUT2D eigenvalue weighted by atomic mass is 9.82. The van der Waals surface area contributed by atoms with Crippen LogP contribution in [-0.2, 0) is 14.3 Å². The fraction of sp³-hybridized carbons (Fsp3) is 0.286. The lowest BCUT2D eigenvalue weighted by molar-refractivity contribution is -0.146. The molecule has 9 heteroatoms. The van der Waals surface area contributed by atoms with Crippen LogP contribution in [-0.4, -0.2) is 29.6 Å². The van der Waals surface area contributed by atoms with Crippen molar-refractivity contribution in [1.29, 1.82) is 0 Å². The highest BCUT2D eigenvalue weighted by Gasteiger charge is 2.35. The van der Waals surface area contributed by atoms with Crippen molar-refractivity contribution >= 4 is 57.4 Å². The number of aliphatic carboxylic acids is 1. The van der Waals surface area contributed by atoms with E-state index in [1.54, 1.807) is 42.7 Å². The van der Waals surface area contributed by atoms with Crippen molar-refractivity contribution in [2.75, 3.05) is 11.9 Å². The van der Waals surface area contributed by atoms with Gasteiger partial charge in [-0.05, 0) is 37.5 Å². The fourth-order valence-electron chi connectivity index (χ4n) is 3.31. The molecule has 0 spiro atoms. The van der Waals surface area contributed by atoms with E-state index in [0.29, 0.717) is 32.6 Å². The number of benzene rings is 1. The normalized spacial score (nSPS) is 18.1. The van der Waals surface area contributed by atoms with E-state index in [-0.39, 0.29) is 18.6 Å². The molecule has 0 saturated heterocycles. The van der Waals surface area contributed by atoms with Gasteiger partial charge in [0, 0.05) is 10.9 Å². The number of hydrogen-bond acceptors (Lipinski definition) is 5. The molecule has 1 amide bonds. The van der Waals surface area contributed by atoms with Gasteiger partial charge in [0.25, 0.3) is 0 Å². The molecule has 2 aromatic rings. The average molecular weight is 468 g/mol. The number of thiophene rings is 1. The Morgan fingerprint density at radius 1 is 1.17 bits per heavy atom. The molecule has 2 atom stereocenters. The summed E-state index contributed by atoms with van der Waals surface area (Å²) in [6.45, 7) is 1.85. The van der Waals surface area contributed by atoms with Crippen LogP contribution in [0.4, 0.5) is 5.00 Å². The summed E-state index contributed by atoms with van der Waals surface area (Å²) in [6.07, 6.45) is 4.17. The van der Waals surface area contributed by atoms with Crippen LogP contribution in [0.1, 0.15) is 30.1 Å². The Labute approximate surface area is 187 Å². The summed E-state index contributed by atoms with van der Waals surface area (Å²) in [4.78, 5) is 37.1. The zero-order chi connectivity index (χ0) is 21.8. The van der Waals surface area contributed by atoms with E-state index in [2.05, 4.69) is 5.32 Å². The van der Waals surface area contributed by atoms with E-state index >= 15 is 0 Å². The Bertz CT molecular complexity index is 1020. The van der Waals surface area contributed by atoms with Gasteiger partial charge in [0.15, 0.2) is 0 Å². The molecule has 0 saturated carbocycles. The van der Waals surface area contributed by atoms with Gasteiger partial charge < -0.3 is 15.2 Å². The monoisotopic (exact) mass is 467 g/mol. The molecule has 3 rings (SSSR count). The van der Waals surface area contributed by atoms with E-state index in [1.165, 1.54) is 0 Å². The third-order valence-corrected chi connectivity index (χ3v) is 6.46. The number of allylic oxidation sites excluding steroid dienone is 2. The number of rotatable bonds is 6. The van der Waals surface area contributed by atoms with E-state index in [1.807, 2.05) is 0 Å². The molecule has 158 valence electrons. The van der Waals surface area contributed by atoms with Gasteiger partial charge in [-0.25, -0.2) is 4.79 Å². The smallest absolute Gasteiger partial charge is 0.341 e. The number of carbonyl (C=O) groups excluding carboxylic acids is 2. The van der Waals surface area contributed by atoms with Crippen LogP contribution >= 0.6 is 34.5 Å². The van der Waals surface area contributed by atoms with Crippen LogP contribution in [0.3, 0.4) is 0 Å². The Morgan fingerprint density at radius 2 is 1.87 bits per heavy atom. The maximum absolute atomic E-state index is 12.9. The highest BCUT2D eigenvalue weighted by Crippen LogP contribution is 2.39. The summed E-state index contributed by atoms with van der Waals surface area (Å²) in [7, 11) is 0. The zero-order valence-electron chi connectivity index (χ0n) is 16.0. The third kappa shape index (κ3) is 4.69. The highest BCUT2D eigenvalue weighted by atomic mass is 35.5. The second kappa shape index (κ2) is 9.64. The third-order valence-electron chi connectivity index (χ3n) is 4.82. The van der Waals surface area contributed by atoms with Gasteiger partial charge in [-0.15, -0.1) is 11.3 Å². The zero-order valence-corrected chi connectivity index (χ0v) is 18.3. The van der Waals surface area contributed by atoms with Crippen LogP contribution in [0.2, 0.25) is 10.0 Å². The second-order valence-corrected chi connectivity index (χ2v) is 8.38. The van der Waals surface area contributed by atoms with Gasteiger partial charge in [0.1, 0.15) is 10.6 Å². The molecule has 1 aliphatic carbocycles. The lowest BCUT2D eigenvalue weighted by Crippen LogP contribution is -2.34. The topological polar surface area (TPSA) is 92.7 Å².